The fourth-order valence-electron chi connectivity index (χ4n) is 1.32. The minimum absolute atomic E-state index is 0.0505. The monoisotopic (exact) mass is 307 g/mol. The molecule has 1 rings (SSSR count). The van der Waals surface area contributed by atoms with E-state index in [1.54, 1.807) is 13.8 Å². The van der Waals surface area contributed by atoms with E-state index in [1.807, 2.05) is 0 Å². The first kappa shape index (κ1) is 16.1. The zero-order valence-corrected chi connectivity index (χ0v) is 12.8. The topological polar surface area (TPSA) is 69.4 Å². The molecule has 0 saturated heterocycles. The van der Waals surface area contributed by atoms with Gasteiger partial charge in [-0.3, -0.25) is 0 Å². The van der Waals surface area contributed by atoms with Gasteiger partial charge in [0.25, 0.3) is 0 Å². The van der Waals surface area contributed by atoms with Crippen molar-refractivity contribution >= 4 is 27.3 Å². The standard InChI is InChI=1S/C12H18FNO3S2/c1-8(2)17-11-7-12(10(14)6-9(11)13)18-4-5-19(3,15)16/h6-8H,4-5,14H2,1-3H3. The van der Waals surface area contributed by atoms with E-state index in [9.17, 15) is 12.8 Å². The predicted octanol–water partition coefficient (Wildman–Crippen LogP) is 2.33. The molecule has 0 heterocycles. The maximum Gasteiger partial charge on any atom is 0.167 e. The molecule has 0 aliphatic rings. The average Bonchev–Trinajstić information content (AvgIpc) is 2.22. The molecule has 1 aromatic carbocycles. The van der Waals surface area contributed by atoms with Crippen LogP contribution in [0.4, 0.5) is 10.1 Å². The molecule has 1 aromatic rings. The summed E-state index contributed by atoms with van der Waals surface area (Å²) >= 11 is 1.27. The quantitative estimate of drug-likeness (QED) is 0.645. The summed E-state index contributed by atoms with van der Waals surface area (Å²) in [5.41, 5.74) is 5.99. The van der Waals surface area contributed by atoms with Crippen molar-refractivity contribution in [2.75, 3.05) is 23.5 Å². The highest BCUT2D eigenvalue weighted by Gasteiger charge is 2.12. The summed E-state index contributed by atoms with van der Waals surface area (Å²) in [6, 6.07) is 2.71. The summed E-state index contributed by atoms with van der Waals surface area (Å²) < 4.78 is 41.0. The molecular weight excluding hydrogens is 289 g/mol. The Hall–Kier alpha value is -0.950. The Bertz CT molecular complexity index is 544. The molecule has 19 heavy (non-hydrogen) atoms. The van der Waals surface area contributed by atoms with Gasteiger partial charge < -0.3 is 10.5 Å². The van der Waals surface area contributed by atoms with Gasteiger partial charge in [0.2, 0.25) is 0 Å². The molecule has 0 saturated carbocycles. The van der Waals surface area contributed by atoms with Gasteiger partial charge in [0.15, 0.2) is 11.6 Å². The molecule has 0 aliphatic heterocycles. The molecule has 7 heteroatoms. The maximum atomic E-state index is 13.6. The number of nitrogen functional groups attached to an aromatic ring is 1. The summed E-state index contributed by atoms with van der Waals surface area (Å²) in [4.78, 5) is 0.626. The van der Waals surface area contributed by atoms with E-state index in [1.165, 1.54) is 30.2 Å². The van der Waals surface area contributed by atoms with Crippen LogP contribution >= 0.6 is 11.8 Å². The van der Waals surface area contributed by atoms with Crippen LogP contribution in [0.5, 0.6) is 5.75 Å². The molecule has 0 bridgehead atoms. The molecule has 0 atom stereocenters. The SMILES string of the molecule is CC(C)Oc1cc(SCCS(C)(=O)=O)c(N)cc1F. The van der Waals surface area contributed by atoms with Gasteiger partial charge in [-0.25, -0.2) is 12.8 Å². The number of anilines is 1. The average molecular weight is 307 g/mol. The van der Waals surface area contributed by atoms with E-state index in [4.69, 9.17) is 10.5 Å². The number of hydrogen-bond acceptors (Lipinski definition) is 5. The normalized spacial score (nSPS) is 11.8. The second-order valence-electron chi connectivity index (χ2n) is 4.47. The van der Waals surface area contributed by atoms with E-state index in [2.05, 4.69) is 0 Å². The highest BCUT2D eigenvalue weighted by Crippen LogP contribution is 2.32. The second kappa shape index (κ2) is 6.47. The first-order valence-corrected chi connectivity index (χ1v) is 8.80. The first-order chi connectivity index (χ1) is 8.69. The summed E-state index contributed by atoms with van der Waals surface area (Å²) in [7, 11) is -3.01. The number of thioether (sulfide) groups is 1. The van der Waals surface area contributed by atoms with E-state index < -0.39 is 15.7 Å². The smallest absolute Gasteiger partial charge is 0.167 e. The Labute approximate surface area is 117 Å². The van der Waals surface area contributed by atoms with Crippen LogP contribution in [0.3, 0.4) is 0 Å². The van der Waals surface area contributed by atoms with Crippen LogP contribution in [0.1, 0.15) is 13.8 Å². The fraction of sp³-hybridized carbons (Fsp3) is 0.500. The van der Waals surface area contributed by atoms with Gasteiger partial charge in [-0.15, -0.1) is 11.8 Å². The van der Waals surface area contributed by atoms with Crippen molar-refractivity contribution < 1.29 is 17.5 Å². The van der Waals surface area contributed by atoms with Gasteiger partial charge in [0.05, 0.1) is 11.9 Å². The number of benzene rings is 1. The van der Waals surface area contributed by atoms with Crippen molar-refractivity contribution in [1.82, 2.24) is 0 Å². The van der Waals surface area contributed by atoms with E-state index in [-0.39, 0.29) is 23.3 Å². The number of hydrogen-bond donors (Lipinski definition) is 1. The molecule has 0 spiro atoms. The van der Waals surface area contributed by atoms with Crippen molar-refractivity contribution in [3.63, 3.8) is 0 Å². The summed E-state index contributed by atoms with van der Waals surface area (Å²) in [6.07, 6.45) is 1.03. The second-order valence-corrected chi connectivity index (χ2v) is 7.86. The van der Waals surface area contributed by atoms with E-state index >= 15 is 0 Å². The van der Waals surface area contributed by atoms with Gasteiger partial charge in [0.1, 0.15) is 9.84 Å². The fourth-order valence-corrected chi connectivity index (χ4v) is 3.50. The molecular formula is C12H18FNO3S2. The van der Waals surface area contributed by atoms with E-state index in [0.717, 1.165) is 0 Å². The minimum atomic E-state index is -3.01. The lowest BCUT2D eigenvalue weighted by molar-refractivity contribution is 0.230. The van der Waals surface area contributed by atoms with E-state index in [0.29, 0.717) is 10.6 Å². The molecule has 0 aromatic heterocycles. The van der Waals surface area contributed by atoms with Crippen LogP contribution in [0.2, 0.25) is 0 Å². The Kier molecular flexibility index (Phi) is 5.49. The predicted molar refractivity (Wildman–Crippen MR) is 77.0 cm³/mol. The minimum Gasteiger partial charge on any atom is -0.488 e. The van der Waals surface area contributed by atoms with Crippen molar-refractivity contribution in [1.29, 1.82) is 0 Å². The first-order valence-electron chi connectivity index (χ1n) is 5.75. The van der Waals surface area contributed by atoms with Gasteiger partial charge in [-0.2, -0.15) is 0 Å². The lowest BCUT2D eigenvalue weighted by Crippen LogP contribution is -2.08. The molecule has 0 fully saturated rings. The van der Waals surface area contributed by atoms with Gasteiger partial charge in [-0.05, 0) is 19.9 Å². The molecule has 108 valence electrons. The molecule has 0 radical (unpaired) electrons. The molecule has 4 nitrogen and oxygen atoms in total. The van der Waals surface area contributed by atoms with Crippen LogP contribution in [-0.4, -0.2) is 32.3 Å². The maximum absolute atomic E-state index is 13.6. The zero-order chi connectivity index (χ0) is 14.6. The van der Waals surface area contributed by atoms with Crippen molar-refractivity contribution in [3.8, 4) is 5.75 Å². The van der Waals surface area contributed by atoms with Gasteiger partial charge in [0, 0.05) is 28.7 Å². The lowest BCUT2D eigenvalue weighted by Gasteiger charge is -2.13. The Morgan fingerprint density at radius 2 is 2.05 bits per heavy atom. The Morgan fingerprint density at radius 1 is 1.42 bits per heavy atom. The molecule has 2 N–H and O–H groups in total. The van der Waals surface area contributed by atoms with Crippen LogP contribution in [-0.2, 0) is 9.84 Å². The lowest BCUT2D eigenvalue weighted by atomic mass is 10.3. The highest BCUT2D eigenvalue weighted by atomic mass is 32.2. The molecule has 0 amide bonds. The number of ether oxygens (including phenoxy) is 1. The summed E-state index contributed by atoms with van der Waals surface area (Å²) in [5.74, 6) is 0.0367. The number of halogens is 1. The Morgan fingerprint density at radius 3 is 2.58 bits per heavy atom. The third-order valence-electron chi connectivity index (χ3n) is 2.14. The number of sulfone groups is 1. The highest BCUT2D eigenvalue weighted by molar-refractivity contribution is 8.00. The zero-order valence-electron chi connectivity index (χ0n) is 11.1. The number of rotatable bonds is 6. The van der Waals surface area contributed by atoms with Crippen molar-refractivity contribution in [2.24, 2.45) is 0 Å². The van der Waals surface area contributed by atoms with Gasteiger partial charge in [-0.1, -0.05) is 0 Å². The van der Waals surface area contributed by atoms with Crippen LogP contribution in [0.15, 0.2) is 17.0 Å². The van der Waals surface area contributed by atoms with Crippen LogP contribution < -0.4 is 10.5 Å². The van der Waals surface area contributed by atoms with Crippen LogP contribution in [0.25, 0.3) is 0 Å². The van der Waals surface area contributed by atoms with Crippen molar-refractivity contribution in [2.45, 2.75) is 24.8 Å². The van der Waals surface area contributed by atoms with Gasteiger partial charge >= 0.3 is 0 Å². The molecule has 0 unspecified atom stereocenters. The third kappa shape index (κ3) is 5.69. The number of nitrogens with two attached hydrogens (primary N) is 1. The van der Waals surface area contributed by atoms with Crippen LogP contribution in [0, 0.1) is 5.82 Å². The van der Waals surface area contributed by atoms with Crippen molar-refractivity contribution in [3.05, 3.63) is 17.9 Å². The Balaban J connectivity index is 2.83. The largest absolute Gasteiger partial charge is 0.488 e. The molecule has 0 aliphatic carbocycles. The summed E-state index contributed by atoms with van der Waals surface area (Å²) in [5, 5.41) is 0. The third-order valence-corrected chi connectivity index (χ3v) is 4.42. The summed E-state index contributed by atoms with van der Waals surface area (Å²) in [6.45, 7) is 3.60.